The van der Waals surface area contributed by atoms with E-state index in [1.807, 2.05) is 0 Å². The Hall–Kier alpha value is -4.02. The molecule has 11 heteroatoms. The van der Waals surface area contributed by atoms with Gasteiger partial charge in [-0.15, -0.1) is 0 Å². The van der Waals surface area contributed by atoms with Crippen LogP contribution in [0.5, 0.6) is 0 Å². The van der Waals surface area contributed by atoms with Gasteiger partial charge in [-0.2, -0.15) is 0 Å². The van der Waals surface area contributed by atoms with Gasteiger partial charge in [-0.1, -0.05) is 12.7 Å². The van der Waals surface area contributed by atoms with Gasteiger partial charge in [0.1, 0.15) is 18.0 Å². The van der Waals surface area contributed by atoms with Gasteiger partial charge in [-0.25, -0.2) is 9.59 Å². The highest BCUT2D eigenvalue weighted by Gasteiger charge is 2.17. The van der Waals surface area contributed by atoms with Crippen LogP contribution in [0, 0.1) is 0 Å². The van der Waals surface area contributed by atoms with Crippen LogP contribution in [0.4, 0.5) is 16.2 Å². The van der Waals surface area contributed by atoms with Crippen molar-refractivity contribution in [1.82, 2.24) is 14.5 Å². The van der Waals surface area contributed by atoms with Crippen LogP contribution < -0.4 is 16.0 Å². The Balaban J connectivity index is 1.92. The number of methoxy groups -OCH3 is 1. The number of carbonyl (C=O) groups excluding carboxylic acids is 4. The molecule has 2 aromatic rings. The lowest BCUT2D eigenvalue weighted by Gasteiger charge is -2.05. The van der Waals surface area contributed by atoms with Crippen molar-refractivity contribution in [2.75, 3.05) is 30.9 Å². The standard InChI is InChI=1S/C20H25N5O6/c1-5-8-31-20(29)21-7-6-17(26)22-13-9-15(24(2)11-13)18(27)23-14-10-16(19(28)30-4)25(3)12-14/h5,9-12H,1,6-8H2,2-4H3,(H,21,29)(H,22,26)(H,23,27). The van der Waals surface area contributed by atoms with Crippen molar-refractivity contribution >= 4 is 35.3 Å². The van der Waals surface area contributed by atoms with E-state index < -0.39 is 18.0 Å². The van der Waals surface area contributed by atoms with Gasteiger partial charge < -0.3 is 34.6 Å². The van der Waals surface area contributed by atoms with Crippen LogP contribution in [0.15, 0.2) is 37.2 Å². The minimum atomic E-state index is -0.636. The van der Waals surface area contributed by atoms with Gasteiger partial charge in [-0.05, 0) is 12.1 Å². The van der Waals surface area contributed by atoms with Gasteiger partial charge >= 0.3 is 12.1 Å². The fourth-order valence-corrected chi connectivity index (χ4v) is 2.68. The average molecular weight is 431 g/mol. The predicted molar refractivity (Wildman–Crippen MR) is 113 cm³/mol. The summed E-state index contributed by atoms with van der Waals surface area (Å²) in [5.41, 5.74) is 1.44. The molecule has 2 aromatic heterocycles. The van der Waals surface area contributed by atoms with E-state index in [0.717, 1.165) is 0 Å². The highest BCUT2D eigenvalue weighted by Crippen LogP contribution is 2.18. The molecule has 31 heavy (non-hydrogen) atoms. The fourth-order valence-electron chi connectivity index (χ4n) is 2.68. The summed E-state index contributed by atoms with van der Waals surface area (Å²) >= 11 is 0. The molecule has 0 aliphatic rings. The lowest BCUT2D eigenvalue weighted by Crippen LogP contribution is -2.28. The van der Waals surface area contributed by atoms with Crippen LogP contribution in [0.1, 0.15) is 27.4 Å². The molecule has 3 amide bonds. The second kappa shape index (κ2) is 10.7. The van der Waals surface area contributed by atoms with Crippen molar-refractivity contribution in [2.45, 2.75) is 6.42 Å². The Labute approximate surface area is 179 Å². The largest absolute Gasteiger partial charge is 0.464 e. The van der Waals surface area contributed by atoms with Crippen molar-refractivity contribution in [2.24, 2.45) is 14.1 Å². The third-order valence-electron chi connectivity index (χ3n) is 4.13. The van der Waals surface area contributed by atoms with Gasteiger partial charge in [0.15, 0.2) is 0 Å². The van der Waals surface area contributed by atoms with E-state index in [9.17, 15) is 19.2 Å². The maximum Gasteiger partial charge on any atom is 0.407 e. The zero-order valence-electron chi connectivity index (χ0n) is 17.6. The Morgan fingerprint density at radius 3 is 2.29 bits per heavy atom. The summed E-state index contributed by atoms with van der Waals surface area (Å²) in [4.78, 5) is 47.6. The Morgan fingerprint density at radius 2 is 1.65 bits per heavy atom. The Bertz CT molecular complexity index is 990. The van der Waals surface area contributed by atoms with Crippen LogP contribution in [0.25, 0.3) is 0 Å². The van der Waals surface area contributed by atoms with Crippen molar-refractivity contribution in [3.05, 3.63) is 48.6 Å². The molecule has 0 spiro atoms. The van der Waals surface area contributed by atoms with Crippen molar-refractivity contribution < 1.29 is 28.7 Å². The van der Waals surface area contributed by atoms with Crippen LogP contribution in [0.2, 0.25) is 0 Å². The Morgan fingerprint density at radius 1 is 1.03 bits per heavy atom. The second-order valence-corrected chi connectivity index (χ2v) is 6.51. The molecular weight excluding hydrogens is 406 g/mol. The van der Waals surface area contributed by atoms with Crippen LogP contribution >= 0.6 is 0 Å². The molecule has 0 saturated heterocycles. The van der Waals surface area contributed by atoms with E-state index in [1.54, 1.807) is 35.6 Å². The summed E-state index contributed by atoms with van der Waals surface area (Å²) in [6, 6.07) is 3.02. The average Bonchev–Trinajstić information content (AvgIpc) is 3.27. The van der Waals surface area contributed by atoms with Crippen LogP contribution in [-0.2, 0) is 28.4 Å². The topological polar surface area (TPSA) is 133 Å². The number of ether oxygens (including phenoxy) is 2. The van der Waals surface area contributed by atoms with E-state index in [-0.39, 0.29) is 25.5 Å². The summed E-state index contributed by atoms with van der Waals surface area (Å²) in [5, 5.41) is 7.80. The molecular formula is C20H25N5O6. The smallest absolute Gasteiger partial charge is 0.407 e. The highest BCUT2D eigenvalue weighted by molar-refractivity contribution is 6.05. The summed E-state index contributed by atoms with van der Waals surface area (Å²) in [6.07, 6.45) is 4.00. The zero-order valence-corrected chi connectivity index (χ0v) is 17.6. The first kappa shape index (κ1) is 23.3. The van der Waals surface area contributed by atoms with Gasteiger partial charge in [0.2, 0.25) is 5.91 Å². The predicted octanol–water partition coefficient (Wildman–Crippen LogP) is 1.64. The van der Waals surface area contributed by atoms with E-state index in [4.69, 9.17) is 4.74 Å². The number of hydrogen-bond donors (Lipinski definition) is 3. The molecule has 0 unspecified atom stereocenters. The lowest BCUT2D eigenvalue weighted by atomic mass is 10.3. The van der Waals surface area contributed by atoms with E-state index in [2.05, 4.69) is 27.3 Å². The first-order valence-corrected chi connectivity index (χ1v) is 9.29. The van der Waals surface area contributed by atoms with E-state index >= 15 is 0 Å². The Kier molecular flexibility index (Phi) is 8.01. The van der Waals surface area contributed by atoms with Gasteiger partial charge in [-0.3, -0.25) is 9.59 Å². The molecule has 2 rings (SSSR count). The first-order chi connectivity index (χ1) is 14.7. The molecule has 11 nitrogen and oxygen atoms in total. The fraction of sp³-hybridized carbons (Fsp3) is 0.300. The summed E-state index contributed by atoms with van der Waals surface area (Å²) in [5.74, 6) is -1.28. The monoisotopic (exact) mass is 431 g/mol. The van der Waals surface area contributed by atoms with Gasteiger partial charge in [0.25, 0.3) is 5.91 Å². The molecule has 0 bridgehead atoms. The molecule has 2 heterocycles. The quantitative estimate of drug-likeness (QED) is 0.408. The highest BCUT2D eigenvalue weighted by atomic mass is 16.5. The third-order valence-corrected chi connectivity index (χ3v) is 4.13. The maximum atomic E-state index is 12.6. The third kappa shape index (κ3) is 6.49. The number of aryl methyl sites for hydroxylation is 2. The molecule has 0 aliphatic heterocycles. The number of rotatable bonds is 9. The molecule has 0 atom stereocenters. The SMILES string of the molecule is C=CCOC(=O)NCCC(=O)Nc1cc(C(=O)Nc2cc(C(=O)OC)n(C)c2)n(C)c1. The molecule has 3 N–H and O–H groups in total. The molecule has 0 aromatic carbocycles. The number of aromatic nitrogens is 2. The van der Waals surface area contributed by atoms with Gasteiger partial charge in [0, 0.05) is 39.5 Å². The normalized spacial score (nSPS) is 10.2. The maximum absolute atomic E-state index is 12.6. The number of hydrogen-bond acceptors (Lipinski definition) is 6. The zero-order chi connectivity index (χ0) is 23.0. The lowest BCUT2D eigenvalue weighted by molar-refractivity contribution is -0.116. The first-order valence-electron chi connectivity index (χ1n) is 9.29. The number of nitrogens with one attached hydrogen (secondary N) is 3. The van der Waals surface area contributed by atoms with Crippen molar-refractivity contribution in [3.8, 4) is 0 Å². The van der Waals surface area contributed by atoms with E-state index in [1.165, 1.54) is 25.3 Å². The molecule has 0 fully saturated rings. The van der Waals surface area contributed by atoms with E-state index in [0.29, 0.717) is 22.8 Å². The second-order valence-electron chi connectivity index (χ2n) is 6.51. The van der Waals surface area contributed by atoms with Gasteiger partial charge in [0.05, 0.1) is 18.5 Å². The van der Waals surface area contributed by atoms with Crippen molar-refractivity contribution in [3.63, 3.8) is 0 Å². The van der Waals surface area contributed by atoms with Crippen molar-refractivity contribution in [1.29, 1.82) is 0 Å². The summed E-state index contributed by atoms with van der Waals surface area (Å²) in [6.45, 7) is 3.61. The number of nitrogens with zero attached hydrogens (tertiary/aromatic N) is 2. The number of amides is 3. The molecule has 166 valence electrons. The molecule has 0 radical (unpaired) electrons. The number of anilines is 2. The molecule has 0 aliphatic carbocycles. The summed E-state index contributed by atoms with van der Waals surface area (Å²) in [7, 11) is 4.59. The van der Waals surface area contributed by atoms with Crippen LogP contribution in [-0.4, -0.2) is 53.3 Å². The summed E-state index contributed by atoms with van der Waals surface area (Å²) < 4.78 is 12.5. The minimum absolute atomic E-state index is 0.0277. The minimum Gasteiger partial charge on any atom is -0.464 e. The van der Waals surface area contributed by atoms with Crippen LogP contribution in [0.3, 0.4) is 0 Å². The number of carbonyl (C=O) groups is 4. The number of alkyl carbamates (subject to hydrolysis) is 1. The number of esters is 1. The molecule has 0 saturated carbocycles.